The number of carbonyl (C=O) groups is 1. The van der Waals surface area contributed by atoms with Crippen molar-refractivity contribution in [2.45, 2.75) is 20.3 Å². The maximum absolute atomic E-state index is 12.8. The summed E-state index contributed by atoms with van der Waals surface area (Å²) in [5.74, 6) is -0.228. The summed E-state index contributed by atoms with van der Waals surface area (Å²) in [6.45, 7) is 3.30. The van der Waals surface area contributed by atoms with Crippen LogP contribution in [0.5, 0.6) is 5.75 Å². The van der Waals surface area contributed by atoms with Crippen LogP contribution in [0.1, 0.15) is 36.2 Å². The van der Waals surface area contributed by atoms with Crippen molar-refractivity contribution in [1.82, 2.24) is 0 Å². The molecule has 2 nitrogen and oxygen atoms in total. The molecule has 0 bridgehead atoms. The zero-order valence-electron chi connectivity index (χ0n) is 8.89. The Labute approximate surface area is 101 Å². The van der Waals surface area contributed by atoms with E-state index >= 15 is 0 Å². The van der Waals surface area contributed by atoms with Gasteiger partial charge in [0.05, 0.1) is 12.2 Å². The minimum absolute atomic E-state index is 0.0498. The minimum atomic E-state index is -2.71. The monoisotopic (exact) mass is 292 g/mol. The second kappa shape index (κ2) is 5.39. The minimum Gasteiger partial charge on any atom is -0.493 e. The van der Waals surface area contributed by atoms with Gasteiger partial charge in [-0.3, -0.25) is 4.79 Å². The first-order chi connectivity index (χ1) is 7.49. The van der Waals surface area contributed by atoms with Crippen molar-refractivity contribution in [3.05, 3.63) is 27.7 Å². The van der Waals surface area contributed by atoms with E-state index in [0.717, 1.165) is 0 Å². The fourth-order valence-corrected chi connectivity index (χ4v) is 1.93. The summed E-state index contributed by atoms with van der Waals surface area (Å²) >= 11 is 3.01. The molecule has 0 aromatic heterocycles. The highest BCUT2D eigenvalue weighted by atomic mass is 79.9. The van der Waals surface area contributed by atoms with E-state index in [2.05, 4.69) is 15.9 Å². The first-order valence-corrected chi connectivity index (χ1v) is 5.52. The predicted octanol–water partition coefficient (Wildman–Crippen LogP) is 3.99. The van der Waals surface area contributed by atoms with Crippen molar-refractivity contribution in [2.75, 3.05) is 6.61 Å². The Balaban J connectivity index is 3.43. The van der Waals surface area contributed by atoms with Crippen molar-refractivity contribution >= 4 is 21.7 Å². The molecule has 88 valence electrons. The third-order valence-electron chi connectivity index (χ3n) is 2.02. The molecule has 0 atom stereocenters. The highest BCUT2D eigenvalue weighted by Crippen LogP contribution is 2.36. The van der Waals surface area contributed by atoms with E-state index in [9.17, 15) is 13.6 Å². The van der Waals surface area contributed by atoms with Crippen LogP contribution in [-0.4, -0.2) is 12.4 Å². The number of Topliss-reactive ketones (excluding diaryl/α,β-unsaturated/α-hetero) is 1. The van der Waals surface area contributed by atoms with Gasteiger partial charge in [-0.2, -0.15) is 0 Å². The van der Waals surface area contributed by atoms with Crippen molar-refractivity contribution in [1.29, 1.82) is 0 Å². The van der Waals surface area contributed by atoms with Crippen LogP contribution in [0.15, 0.2) is 16.6 Å². The molecule has 0 fully saturated rings. The van der Waals surface area contributed by atoms with E-state index in [1.165, 1.54) is 19.1 Å². The molecule has 0 saturated heterocycles. The summed E-state index contributed by atoms with van der Waals surface area (Å²) in [5.41, 5.74) is -0.357. The SMILES string of the molecule is CCOc1ccc(Br)c(C(F)F)c1C(C)=O. The Morgan fingerprint density at radius 2 is 2.12 bits per heavy atom. The number of ketones is 1. The van der Waals surface area contributed by atoms with Crippen LogP contribution in [0.2, 0.25) is 0 Å². The maximum Gasteiger partial charge on any atom is 0.265 e. The lowest BCUT2D eigenvalue weighted by Gasteiger charge is -2.13. The summed E-state index contributed by atoms with van der Waals surface area (Å²) in [6.07, 6.45) is -2.71. The highest BCUT2D eigenvalue weighted by molar-refractivity contribution is 9.10. The van der Waals surface area contributed by atoms with E-state index in [1.807, 2.05) is 0 Å². The molecule has 16 heavy (non-hydrogen) atoms. The summed E-state index contributed by atoms with van der Waals surface area (Å²) in [4.78, 5) is 11.4. The van der Waals surface area contributed by atoms with Crippen LogP contribution in [0.25, 0.3) is 0 Å². The van der Waals surface area contributed by atoms with Gasteiger partial charge >= 0.3 is 0 Å². The molecule has 1 aromatic rings. The Morgan fingerprint density at radius 3 is 2.56 bits per heavy atom. The molecule has 0 spiro atoms. The van der Waals surface area contributed by atoms with Gasteiger partial charge in [-0.05, 0) is 26.0 Å². The van der Waals surface area contributed by atoms with Gasteiger partial charge in [0.15, 0.2) is 5.78 Å². The van der Waals surface area contributed by atoms with Gasteiger partial charge in [-0.1, -0.05) is 15.9 Å². The Morgan fingerprint density at radius 1 is 1.50 bits per heavy atom. The Kier molecular flexibility index (Phi) is 4.41. The molecule has 0 amide bonds. The molecule has 5 heteroatoms. The quantitative estimate of drug-likeness (QED) is 0.785. The number of benzene rings is 1. The van der Waals surface area contributed by atoms with E-state index in [-0.39, 0.29) is 21.3 Å². The van der Waals surface area contributed by atoms with Gasteiger partial charge in [-0.25, -0.2) is 8.78 Å². The molecule has 1 aromatic carbocycles. The lowest BCUT2D eigenvalue weighted by atomic mass is 10.0. The average Bonchev–Trinajstić information content (AvgIpc) is 2.19. The standard InChI is InChI=1S/C11H11BrF2O2/c1-3-16-8-5-4-7(12)10(11(13)14)9(8)6(2)15/h4-5,11H,3H2,1-2H3. The zero-order valence-corrected chi connectivity index (χ0v) is 10.5. The number of hydrogen-bond donors (Lipinski definition) is 0. The first kappa shape index (κ1) is 13.1. The molecule has 0 saturated carbocycles. The van der Waals surface area contributed by atoms with E-state index in [4.69, 9.17) is 4.74 Å². The van der Waals surface area contributed by atoms with E-state index in [1.54, 1.807) is 6.92 Å². The number of alkyl halides is 2. The molecule has 0 heterocycles. The van der Waals surface area contributed by atoms with Gasteiger partial charge in [0.2, 0.25) is 0 Å². The van der Waals surface area contributed by atoms with Crippen molar-refractivity contribution in [2.24, 2.45) is 0 Å². The number of ether oxygens (including phenoxy) is 1. The van der Waals surface area contributed by atoms with Crippen molar-refractivity contribution < 1.29 is 18.3 Å². The van der Waals surface area contributed by atoms with Crippen LogP contribution in [0, 0.1) is 0 Å². The van der Waals surface area contributed by atoms with Crippen LogP contribution < -0.4 is 4.74 Å². The Hall–Kier alpha value is -0.970. The molecular weight excluding hydrogens is 282 g/mol. The molecule has 0 aliphatic heterocycles. The van der Waals surface area contributed by atoms with Crippen molar-refractivity contribution in [3.8, 4) is 5.75 Å². The molecular formula is C11H11BrF2O2. The largest absolute Gasteiger partial charge is 0.493 e. The number of rotatable bonds is 4. The fourth-order valence-electron chi connectivity index (χ4n) is 1.43. The molecule has 1 rings (SSSR count). The normalized spacial score (nSPS) is 10.6. The predicted molar refractivity (Wildman–Crippen MR) is 60.3 cm³/mol. The third kappa shape index (κ3) is 2.58. The third-order valence-corrected chi connectivity index (χ3v) is 2.72. The molecule has 0 radical (unpaired) electrons. The first-order valence-electron chi connectivity index (χ1n) is 4.73. The summed E-state index contributed by atoms with van der Waals surface area (Å²) in [5, 5.41) is 0. The lowest BCUT2D eigenvalue weighted by molar-refractivity contribution is 0.0993. The lowest BCUT2D eigenvalue weighted by Crippen LogP contribution is -2.06. The van der Waals surface area contributed by atoms with Crippen molar-refractivity contribution in [3.63, 3.8) is 0 Å². The Bertz CT molecular complexity index is 405. The van der Waals surface area contributed by atoms with Gasteiger partial charge < -0.3 is 4.74 Å². The highest BCUT2D eigenvalue weighted by Gasteiger charge is 2.23. The maximum atomic E-state index is 12.8. The smallest absolute Gasteiger partial charge is 0.265 e. The van der Waals surface area contributed by atoms with Gasteiger partial charge in [0, 0.05) is 10.0 Å². The second-order valence-corrected chi connectivity index (χ2v) is 3.98. The zero-order chi connectivity index (χ0) is 12.3. The van der Waals surface area contributed by atoms with Gasteiger partial charge in [0.1, 0.15) is 5.75 Å². The molecule has 0 N–H and O–H groups in total. The summed E-state index contributed by atoms with van der Waals surface area (Å²) in [7, 11) is 0. The summed E-state index contributed by atoms with van der Waals surface area (Å²) < 4.78 is 31.1. The number of hydrogen-bond acceptors (Lipinski definition) is 2. The molecule has 0 aliphatic carbocycles. The number of halogens is 3. The fraction of sp³-hybridized carbons (Fsp3) is 0.364. The van der Waals surface area contributed by atoms with Crippen LogP contribution in [0.3, 0.4) is 0 Å². The second-order valence-electron chi connectivity index (χ2n) is 3.12. The summed E-state index contributed by atoms with van der Waals surface area (Å²) in [6, 6.07) is 2.97. The van der Waals surface area contributed by atoms with Gasteiger partial charge in [0.25, 0.3) is 6.43 Å². The van der Waals surface area contributed by atoms with Crippen LogP contribution >= 0.6 is 15.9 Å². The topological polar surface area (TPSA) is 26.3 Å². The molecule has 0 aliphatic rings. The molecule has 0 unspecified atom stereocenters. The van der Waals surface area contributed by atoms with E-state index in [0.29, 0.717) is 6.61 Å². The number of carbonyl (C=O) groups excluding carboxylic acids is 1. The van der Waals surface area contributed by atoms with Gasteiger partial charge in [-0.15, -0.1) is 0 Å². The van der Waals surface area contributed by atoms with Crippen LogP contribution in [0.4, 0.5) is 8.78 Å². The van der Waals surface area contributed by atoms with Crippen LogP contribution in [-0.2, 0) is 0 Å². The average molecular weight is 293 g/mol. The van der Waals surface area contributed by atoms with E-state index < -0.39 is 12.2 Å².